The van der Waals surface area contributed by atoms with E-state index < -0.39 is 56.8 Å². The highest BCUT2D eigenvalue weighted by Gasteiger charge is 2.36. The summed E-state index contributed by atoms with van der Waals surface area (Å²) in [5, 5.41) is 41.0. The van der Waals surface area contributed by atoms with Crippen LogP contribution in [0.2, 0.25) is 0 Å². The van der Waals surface area contributed by atoms with E-state index in [1.165, 1.54) is 12.1 Å². The molecule has 18 heteroatoms. The maximum Gasteiger partial charge on any atom is 0.303 e. The van der Waals surface area contributed by atoms with Crippen molar-refractivity contribution in [1.82, 2.24) is 9.80 Å². The van der Waals surface area contributed by atoms with Gasteiger partial charge in [0, 0.05) is 72.3 Å². The number of hydrogen-bond acceptors (Lipinski definition) is 12. The zero-order chi connectivity index (χ0) is 36.6. The molecule has 0 spiro atoms. The predicted octanol–water partition coefficient (Wildman–Crippen LogP) is 3.58. The van der Waals surface area contributed by atoms with Gasteiger partial charge in [0.25, 0.3) is 35.0 Å². The van der Waals surface area contributed by atoms with Gasteiger partial charge >= 0.3 is 11.9 Å². The normalized spacial score (nSPS) is 13.4. The Bertz CT molecular complexity index is 2090. The summed E-state index contributed by atoms with van der Waals surface area (Å²) in [6.07, 6.45) is -0.235. The number of imide groups is 2. The molecule has 0 radical (unpaired) electrons. The Balaban J connectivity index is 0.000000197. The first-order valence-electron chi connectivity index (χ1n) is 14.8. The summed E-state index contributed by atoms with van der Waals surface area (Å²) in [7, 11) is 0. The van der Waals surface area contributed by atoms with Crippen LogP contribution >= 0.6 is 0 Å². The van der Waals surface area contributed by atoms with Crippen molar-refractivity contribution in [2.45, 2.75) is 25.7 Å². The van der Waals surface area contributed by atoms with Crippen LogP contribution in [0.15, 0.2) is 48.5 Å². The lowest BCUT2D eigenvalue weighted by Crippen LogP contribution is -2.41. The van der Waals surface area contributed by atoms with Crippen LogP contribution in [-0.4, -0.2) is 78.5 Å². The molecule has 2 aliphatic rings. The summed E-state index contributed by atoms with van der Waals surface area (Å²) in [5.74, 6) is -4.62. The molecule has 0 unspecified atom stereocenters. The average molecular weight is 687 g/mol. The summed E-state index contributed by atoms with van der Waals surface area (Å²) in [4.78, 5) is 94.5. The van der Waals surface area contributed by atoms with Crippen LogP contribution in [0.4, 0.5) is 22.7 Å². The fourth-order valence-corrected chi connectivity index (χ4v) is 5.88. The fraction of sp³-hybridized carbons (Fsp3) is 0.188. The molecule has 256 valence electrons. The molecular formula is C32H26N6O12. The monoisotopic (exact) mass is 686 g/mol. The minimum Gasteiger partial charge on any atom is -0.481 e. The number of hydrogen-bond donors (Lipinski definition) is 4. The highest BCUT2D eigenvalue weighted by atomic mass is 16.6. The van der Waals surface area contributed by atoms with Crippen molar-refractivity contribution >= 4 is 79.9 Å². The van der Waals surface area contributed by atoms with Crippen LogP contribution in [-0.2, 0) is 9.59 Å². The van der Waals surface area contributed by atoms with Gasteiger partial charge in [-0.15, -0.1) is 0 Å². The molecule has 0 aromatic heterocycles. The number of carboxylic acid groups (broad SMARTS) is 2. The van der Waals surface area contributed by atoms with E-state index in [-0.39, 0.29) is 60.7 Å². The van der Waals surface area contributed by atoms with Crippen LogP contribution in [0, 0.1) is 20.2 Å². The predicted molar refractivity (Wildman–Crippen MR) is 175 cm³/mol. The average Bonchev–Trinajstić information content (AvgIpc) is 3.04. The molecule has 0 saturated carbocycles. The molecule has 0 aliphatic carbocycles. The molecular weight excluding hydrogens is 660 g/mol. The first-order valence-corrected chi connectivity index (χ1v) is 14.8. The van der Waals surface area contributed by atoms with E-state index >= 15 is 0 Å². The number of nitrogens with zero attached hydrogens (tertiary/aromatic N) is 4. The number of nitrogen functional groups attached to an aromatic ring is 2. The van der Waals surface area contributed by atoms with Crippen LogP contribution in [0.1, 0.15) is 67.1 Å². The van der Waals surface area contributed by atoms with Gasteiger partial charge in [-0.3, -0.25) is 58.8 Å². The molecule has 50 heavy (non-hydrogen) atoms. The number of carbonyl (C=O) groups excluding carboxylic acids is 4. The Labute approximate surface area is 279 Å². The SMILES string of the molecule is Nc1cc2c3c(cc(N)cc3c1)C(=O)N(CCCC(=O)O)C2=O.O=C(O)CCCN1C(=O)c2cc([N+](=O)[O-])cc3cc([N+](=O)[O-])cc(c23)C1=O. The van der Waals surface area contributed by atoms with Crippen molar-refractivity contribution in [3.63, 3.8) is 0 Å². The smallest absolute Gasteiger partial charge is 0.303 e. The Kier molecular flexibility index (Phi) is 9.11. The third-order valence-electron chi connectivity index (χ3n) is 7.98. The van der Waals surface area contributed by atoms with E-state index in [9.17, 15) is 49.0 Å². The minimum atomic E-state index is -1.11. The van der Waals surface area contributed by atoms with Crippen LogP contribution in [0.3, 0.4) is 0 Å². The maximum atomic E-state index is 12.7. The Hall–Kier alpha value is -6.98. The lowest BCUT2D eigenvalue weighted by Gasteiger charge is -2.27. The minimum absolute atomic E-state index is 0.0187. The first-order chi connectivity index (χ1) is 23.6. The number of carbonyl (C=O) groups is 6. The lowest BCUT2D eigenvalue weighted by atomic mass is 9.92. The highest BCUT2D eigenvalue weighted by molar-refractivity contribution is 6.27. The molecule has 4 aromatic carbocycles. The molecule has 4 amide bonds. The second kappa shape index (κ2) is 13.3. The molecule has 0 saturated heterocycles. The summed E-state index contributed by atoms with van der Waals surface area (Å²) in [6.45, 7) is -0.190. The summed E-state index contributed by atoms with van der Waals surface area (Å²) in [5.41, 5.74) is 12.0. The van der Waals surface area contributed by atoms with Gasteiger partial charge in [0.1, 0.15) is 0 Å². The van der Waals surface area contributed by atoms with Crippen LogP contribution in [0.25, 0.3) is 21.5 Å². The number of carboxylic acids is 2. The number of nitrogens with two attached hydrogens (primary N) is 2. The highest BCUT2D eigenvalue weighted by Crippen LogP contribution is 2.37. The zero-order valence-corrected chi connectivity index (χ0v) is 25.8. The van der Waals surface area contributed by atoms with Crippen molar-refractivity contribution in [2.75, 3.05) is 24.6 Å². The largest absolute Gasteiger partial charge is 0.481 e. The Morgan fingerprint density at radius 3 is 1.22 bits per heavy atom. The summed E-state index contributed by atoms with van der Waals surface area (Å²) < 4.78 is 0. The molecule has 18 nitrogen and oxygen atoms in total. The molecule has 4 aromatic rings. The first kappa shape index (κ1) is 34.4. The van der Waals surface area contributed by atoms with Gasteiger partial charge in [0.15, 0.2) is 0 Å². The molecule has 0 fully saturated rings. The number of rotatable bonds is 10. The zero-order valence-electron chi connectivity index (χ0n) is 25.8. The number of nitro benzene ring substituents is 2. The van der Waals surface area contributed by atoms with Crippen LogP contribution in [0.5, 0.6) is 0 Å². The third kappa shape index (κ3) is 6.44. The summed E-state index contributed by atoms with van der Waals surface area (Å²) in [6, 6.07) is 10.5. The van der Waals surface area contributed by atoms with Crippen molar-refractivity contribution in [1.29, 1.82) is 0 Å². The van der Waals surface area contributed by atoms with Crippen molar-refractivity contribution in [2.24, 2.45) is 0 Å². The molecule has 2 heterocycles. The van der Waals surface area contributed by atoms with Crippen molar-refractivity contribution in [3.8, 4) is 0 Å². The van der Waals surface area contributed by atoms with Crippen molar-refractivity contribution < 1.29 is 48.8 Å². The van der Waals surface area contributed by atoms with E-state index in [1.807, 2.05) is 0 Å². The molecule has 0 atom stereocenters. The van der Waals surface area contributed by atoms with Gasteiger partial charge in [-0.2, -0.15) is 0 Å². The van der Waals surface area contributed by atoms with Crippen molar-refractivity contribution in [3.05, 3.63) is 91.0 Å². The Morgan fingerprint density at radius 2 is 0.900 bits per heavy atom. The lowest BCUT2D eigenvalue weighted by molar-refractivity contribution is -0.385. The van der Waals surface area contributed by atoms with Gasteiger partial charge < -0.3 is 21.7 Å². The Morgan fingerprint density at radius 1 is 0.580 bits per heavy atom. The number of benzene rings is 4. The third-order valence-corrected chi connectivity index (χ3v) is 7.98. The van der Waals surface area contributed by atoms with E-state index in [4.69, 9.17) is 21.7 Å². The van der Waals surface area contributed by atoms with Crippen LogP contribution < -0.4 is 11.5 Å². The van der Waals surface area contributed by atoms with E-state index in [0.717, 1.165) is 34.1 Å². The van der Waals surface area contributed by atoms with Gasteiger partial charge in [-0.1, -0.05) is 0 Å². The van der Waals surface area contributed by atoms with Gasteiger partial charge in [-0.25, -0.2) is 0 Å². The second-order valence-electron chi connectivity index (χ2n) is 11.4. The van der Waals surface area contributed by atoms with Gasteiger partial charge in [0.2, 0.25) is 0 Å². The number of non-ortho nitro benzene ring substituents is 2. The number of aliphatic carboxylic acids is 2. The van der Waals surface area contributed by atoms with E-state index in [2.05, 4.69) is 0 Å². The molecule has 6 rings (SSSR count). The van der Waals surface area contributed by atoms with Gasteiger partial charge in [0.05, 0.1) is 32.1 Å². The number of anilines is 2. The quantitative estimate of drug-likeness (QED) is 0.0803. The van der Waals surface area contributed by atoms with E-state index in [1.54, 1.807) is 12.1 Å². The number of nitro groups is 2. The second-order valence-corrected chi connectivity index (χ2v) is 11.4. The van der Waals surface area contributed by atoms with Gasteiger partial charge in [-0.05, 0) is 47.9 Å². The molecule has 6 N–H and O–H groups in total. The maximum absolute atomic E-state index is 12.7. The fourth-order valence-electron chi connectivity index (χ4n) is 5.88. The molecule has 2 aliphatic heterocycles. The summed E-state index contributed by atoms with van der Waals surface area (Å²) >= 11 is 0. The molecule has 0 bridgehead atoms. The standard InChI is InChI=1S/C16H11N3O8.C16H15N3O4/c20-13(21)2-1-3-17-15(22)11-6-9(18(24)25)4-8-5-10(19(26)27)7-12(14(8)11)16(17)23;17-9-4-8-5-10(18)7-12-14(8)11(6-9)15(22)19(16(12)23)3-1-2-13(20)21/h4-7H,1-3H2,(H,20,21);4-7H,1-3,17-18H2,(H,20,21). The van der Waals surface area contributed by atoms with E-state index in [0.29, 0.717) is 33.3 Å². The topological polar surface area (TPSA) is 288 Å². The number of amides is 4.